The van der Waals surface area contributed by atoms with Gasteiger partial charge in [-0.25, -0.2) is 9.18 Å². The van der Waals surface area contributed by atoms with Crippen LogP contribution in [0.15, 0.2) is 42.5 Å². The van der Waals surface area contributed by atoms with Gasteiger partial charge in [0.15, 0.2) is 0 Å². The fraction of sp³-hybridized carbons (Fsp3) is 0.188. The van der Waals surface area contributed by atoms with Crippen LogP contribution in [0.25, 0.3) is 0 Å². The summed E-state index contributed by atoms with van der Waals surface area (Å²) in [4.78, 5) is 14.1. The van der Waals surface area contributed by atoms with E-state index < -0.39 is 0 Å². The molecule has 0 aromatic heterocycles. The van der Waals surface area contributed by atoms with Gasteiger partial charge in [0.1, 0.15) is 11.2 Å². The maximum absolute atomic E-state index is 14.0. The van der Waals surface area contributed by atoms with E-state index in [1.54, 1.807) is 53.1 Å². The molecule has 2 aromatic carbocycles. The number of carbonyl (C=O) groups excluding carboxylic acids is 1. The number of nitrogens with one attached hydrogen (secondary N) is 1. The molecule has 3 nitrogen and oxygen atoms in total. The van der Waals surface area contributed by atoms with E-state index in [-0.39, 0.29) is 17.2 Å². The van der Waals surface area contributed by atoms with Gasteiger partial charge in [0.05, 0.1) is 10.0 Å². The molecule has 1 aliphatic heterocycles. The van der Waals surface area contributed by atoms with Crippen molar-refractivity contribution in [3.63, 3.8) is 0 Å². The molecule has 1 heterocycles. The second kappa shape index (κ2) is 6.99. The summed E-state index contributed by atoms with van der Waals surface area (Å²) >= 11 is 13.4. The van der Waals surface area contributed by atoms with Crippen molar-refractivity contribution in [1.29, 1.82) is 0 Å². The first-order chi connectivity index (χ1) is 11.1. The number of amides is 2. The van der Waals surface area contributed by atoms with Crippen LogP contribution in [-0.2, 0) is 0 Å². The number of hydrogen-bond donors (Lipinski definition) is 1. The predicted molar refractivity (Wildman–Crippen MR) is 93.8 cm³/mol. The molecule has 7 heteroatoms. The van der Waals surface area contributed by atoms with E-state index in [2.05, 4.69) is 5.32 Å². The number of anilines is 1. The molecule has 3 rings (SSSR count). The minimum Gasteiger partial charge on any atom is -0.308 e. The Balaban J connectivity index is 1.78. The Hall–Kier alpha value is -1.43. The second-order valence-corrected chi connectivity index (χ2v) is 7.00. The highest BCUT2D eigenvalue weighted by atomic mass is 35.5. The van der Waals surface area contributed by atoms with Crippen LogP contribution in [0.3, 0.4) is 0 Å². The summed E-state index contributed by atoms with van der Waals surface area (Å²) < 4.78 is 14.0. The molecular formula is C16H13Cl2FN2OS. The molecule has 2 amide bonds. The van der Waals surface area contributed by atoms with Crippen molar-refractivity contribution in [3.8, 4) is 0 Å². The molecule has 0 aliphatic carbocycles. The maximum Gasteiger partial charge on any atom is 0.323 e. The monoisotopic (exact) mass is 370 g/mol. The van der Waals surface area contributed by atoms with Crippen LogP contribution in [0.5, 0.6) is 0 Å². The van der Waals surface area contributed by atoms with Gasteiger partial charge in [-0.2, -0.15) is 0 Å². The number of thioether (sulfide) groups is 1. The highest BCUT2D eigenvalue weighted by molar-refractivity contribution is 7.99. The maximum atomic E-state index is 14.0. The smallest absolute Gasteiger partial charge is 0.308 e. The van der Waals surface area contributed by atoms with E-state index in [1.807, 2.05) is 0 Å². The summed E-state index contributed by atoms with van der Waals surface area (Å²) in [5.74, 6) is 0.451. The van der Waals surface area contributed by atoms with E-state index >= 15 is 0 Å². The molecule has 0 spiro atoms. The number of carbonyl (C=O) groups is 1. The Morgan fingerprint density at radius 1 is 1.22 bits per heavy atom. The van der Waals surface area contributed by atoms with Crippen LogP contribution in [-0.4, -0.2) is 23.2 Å². The predicted octanol–water partition coefficient (Wildman–Crippen LogP) is 5.41. The molecule has 1 atom stereocenters. The molecule has 23 heavy (non-hydrogen) atoms. The summed E-state index contributed by atoms with van der Waals surface area (Å²) in [6, 6.07) is 11.1. The van der Waals surface area contributed by atoms with Gasteiger partial charge in [0.25, 0.3) is 0 Å². The summed E-state index contributed by atoms with van der Waals surface area (Å²) in [5.41, 5.74) is 1.06. The van der Waals surface area contributed by atoms with Crippen molar-refractivity contribution in [1.82, 2.24) is 4.90 Å². The molecule has 1 N–H and O–H groups in total. The Labute approximate surface area is 147 Å². The number of hydrogen-bond acceptors (Lipinski definition) is 2. The van der Waals surface area contributed by atoms with Gasteiger partial charge in [0, 0.05) is 23.5 Å². The third-order valence-electron chi connectivity index (χ3n) is 3.49. The summed E-state index contributed by atoms with van der Waals surface area (Å²) in [6.45, 7) is 0.552. The first kappa shape index (κ1) is 16.4. The second-order valence-electron chi connectivity index (χ2n) is 5.00. The normalized spacial score (nSPS) is 17.3. The lowest BCUT2D eigenvalue weighted by Crippen LogP contribution is -2.34. The Bertz CT molecular complexity index is 744. The highest BCUT2D eigenvalue weighted by Crippen LogP contribution is 2.39. The summed E-state index contributed by atoms with van der Waals surface area (Å²) in [7, 11) is 0. The van der Waals surface area contributed by atoms with Crippen LogP contribution in [0.2, 0.25) is 10.0 Å². The van der Waals surface area contributed by atoms with E-state index in [1.165, 1.54) is 6.07 Å². The molecule has 1 aliphatic rings. The lowest BCUT2D eigenvalue weighted by atomic mass is 10.2. The van der Waals surface area contributed by atoms with Gasteiger partial charge >= 0.3 is 6.03 Å². The fourth-order valence-corrected chi connectivity index (χ4v) is 3.96. The first-order valence-corrected chi connectivity index (χ1v) is 8.75. The lowest BCUT2D eigenvalue weighted by Gasteiger charge is -2.24. The van der Waals surface area contributed by atoms with Crippen LogP contribution >= 0.6 is 35.0 Å². The molecule has 1 saturated heterocycles. The number of halogens is 3. The van der Waals surface area contributed by atoms with Crippen molar-refractivity contribution in [2.24, 2.45) is 0 Å². The lowest BCUT2D eigenvalue weighted by molar-refractivity contribution is 0.213. The van der Waals surface area contributed by atoms with Crippen LogP contribution in [0.4, 0.5) is 14.9 Å². The van der Waals surface area contributed by atoms with Crippen molar-refractivity contribution in [3.05, 3.63) is 63.9 Å². The van der Waals surface area contributed by atoms with Crippen molar-refractivity contribution in [2.45, 2.75) is 5.37 Å². The third-order valence-corrected chi connectivity index (χ3v) is 5.48. The topological polar surface area (TPSA) is 32.3 Å². The highest BCUT2D eigenvalue weighted by Gasteiger charge is 2.32. The zero-order valence-electron chi connectivity index (χ0n) is 11.9. The molecule has 120 valence electrons. The average Bonchev–Trinajstić information content (AvgIpc) is 3.01. The Morgan fingerprint density at radius 3 is 2.74 bits per heavy atom. The number of nitrogens with zero attached hydrogens (tertiary/aromatic N) is 1. The quantitative estimate of drug-likeness (QED) is 0.765. The van der Waals surface area contributed by atoms with E-state index in [0.717, 1.165) is 5.75 Å². The summed E-state index contributed by atoms with van der Waals surface area (Å²) in [5, 5.41) is 3.23. The molecule has 1 unspecified atom stereocenters. The van der Waals surface area contributed by atoms with E-state index in [9.17, 15) is 9.18 Å². The average molecular weight is 371 g/mol. The first-order valence-electron chi connectivity index (χ1n) is 6.95. The molecule has 0 radical (unpaired) electrons. The van der Waals surface area contributed by atoms with Crippen molar-refractivity contribution < 1.29 is 9.18 Å². The van der Waals surface area contributed by atoms with E-state index in [0.29, 0.717) is 27.8 Å². The molecular weight excluding hydrogens is 358 g/mol. The van der Waals surface area contributed by atoms with Gasteiger partial charge in [-0.1, -0.05) is 41.4 Å². The number of benzene rings is 2. The number of urea groups is 1. The minimum atomic E-state index is -0.334. The molecule has 0 saturated carbocycles. The van der Waals surface area contributed by atoms with Gasteiger partial charge < -0.3 is 10.2 Å². The standard InChI is InChI=1S/C16H13Cl2FN2OS/c17-12-6-5-10(9-13(12)18)20-16(22)21-7-8-23-15(21)11-3-1-2-4-14(11)19/h1-6,9,15H,7-8H2,(H,20,22). The van der Waals surface area contributed by atoms with Crippen molar-refractivity contribution >= 4 is 46.7 Å². The minimum absolute atomic E-state index is 0.290. The number of rotatable bonds is 2. The molecule has 0 bridgehead atoms. The van der Waals surface area contributed by atoms with Crippen LogP contribution in [0, 0.1) is 5.82 Å². The van der Waals surface area contributed by atoms with Gasteiger partial charge in [-0.05, 0) is 24.3 Å². The molecule has 2 aromatic rings. The van der Waals surface area contributed by atoms with E-state index in [4.69, 9.17) is 23.2 Å². The third kappa shape index (κ3) is 3.57. The molecule has 1 fully saturated rings. The van der Waals surface area contributed by atoms with Crippen LogP contribution in [0.1, 0.15) is 10.9 Å². The summed E-state index contributed by atoms with van der Waals surface area (Å²) in [6.07, 6.45) is 0. The van der Waals surface area contributed by atoms with Crippen LogP contribution < -0.4 is 5.32 Å². The fourth-order valence-electron chi connectivity index (χ4n) is 2.38. The zero-order chi connectivity index (χ0) is 16.4. The SMILES string of the molecule is O=C(Nc1ccc(Cl)c(Cl)c1)N1CCSC1c1ccccc1F. The Kier molecular flexibility index (Phi) is 4.99. The van der Waals surface area contributed by atoms with Gasteiger partial charge in [0.2, 0.25) is 0 Å². The van der Waals surface area contributed by atoms with Gasteiger partial charge in [-0.15, -0.1) is 11.8 Å². The van der Waals surface area contributed by atoms with Crippen molar-refractivity contribution in [2.75, 3.05) is 17.6 Å². The zero-order valence-corrected chi connectivity index (χ0v) is 14.3. The van der Waals surface area contributed by atoms with Gasteiger partial charge in [-0.3, -0.25) is 0 Å². The largest absolute Gasteiger partial charge is 0.323 e. The Morgan fingerprint density at radius 2 is 2.00 bits per heavy atom.